The molecule has 0 fully saturated rings. The van der Waals surface area contributed by atoms with Gasteiger partial charge in [-0.3, -0.25) is 0 Å². The molecule has 0 aliphatic heterocycles. The average Bonchev–Trinajstić information content (AvgIpc) is 2.93. The van der Waals surface area contributed by atoms with Gasteiger partial charge in [-0.25, -0.2) is 9.18 Å². The van der Waals surface area contributed by atoms with Gasteiger partial charge in [-0.2, -0.15) is 0 Å². The molecule has 4 nitrogen and oxygen atoms in total. The number of carbonyl (C=O) groups is 1. The Hall–Kier alpha value is -2.14. The Morgan fingerprint density at radius 1 is 1.30 bits per heavy atom. The summed E-state index contributed by atoms with van der Waals surface area (Å²) < 4.78 is 18.0. The van der Waals surface area contributed by atoms with Crippen molar-refractivity contribution in [1.82, 2.24) is 10.3 Å². The standard InChI is InChI=1S/C15H17FN2O2/c1-20-15(19)14-7-6-12(18-14)10-17-9-8-11-4-2-3-5-13(11)16/h2-7,17-18H,8-10H2,1H3. The van der Waals surface area contributed by atoms with Crippen LogP contribution in [0.25, 0.3) is 0 Å². The van der Waals surface area contributed by atoms with Crippen LogP contribution in [0, 0.1) is 5.82 Å². The van der Waals surface area contributed by atoms with Gasteiger partial charge in [0, 0.05) is 12.2 Å². The lowest BCUT2D eigenvalue weighted by Crippen LogP contribution is -2.17. The van der Waals surface area contributed by atoms with E-state index in [0.717, 1.165) is 5.69 Å². The topological polar surface area (TPSA) is 54.1 Å². The second-order valence-electron chi connectivity index (χ2n) is 4.41. The molecule has 0 saturated heterocycles. The molecule has 0 unspecified atom stereocenters. The zero-order valence-electron chi connectivity index (χ0n) is 11.3. The second-order valence-corrected chi connectivity index (χ2v) is 4.41. The Kier molecular flexibility index (Phi) is 4.90. The van der Waals surface area contributed by atoms with Crippen LogP contribution < -0.4 is 5.32 Å². The summed E-state index contributed by atoms with van der Waals surface area (Å²) in [5.74, 6) is -0.565. The normalized spacial score (nSPS) is 10.5. The van der Waals surface area contributed by atoms with Crippen molar-refractivity contribution in [2.24, 2.45) is 0 Å². The highest BCUT2D eigenvalue weighted by Crippen LogP contribution is 2.07. The van der Waals surface area contributed by atoms with E-state index in [1.54, 1.807) is 18.2 Å². The molecule has 0 aliphatic carbocycles. The van der Waals surface area contributed by atoms with E-state index in [2.05, 4.69) is 15.0 Å². The molecule has 1 heterocycles. The van der Waals surface area contributed by atoms with Gasteiger partial charge in [-0.1, -0.05) is 18.2 Å². The van der Waals surface area contributed by atoms with E-state index in [4.69, 9.17) is 0 Å². The van der Waals surface area contributed by atoms with Crippen LogP contribution >= 0.6 is 0 Å². The summed E-state index contributed by atoms with van der Waals surface area (Å²) in [6.07, 6.45) is 0.622. The summed E-state index contributed by atoms with van der Waals surface area (Å²) in [6.45, 7) is 1.25. The molecule has 2 N–H and O–H groups in total. The first-order chi connectivity index (χ1) is 9.70. The quantitative estimate of drug-likeness (QED) is 0.628. The molecule has 0 saturated carbocycles. The molecule has 20 heavy (non-hydrogen) atoms. The van der Waals surface area contributed by atoms with E-state index < -0.39 is 0 Å². The molecule has 0 aliphatic rings. The summed E-state index contributed by atoms with van der Waals surface area (Å²) in [6, 6.07) is 10.2. The van der Waals surface area contributed by atoms with E-state index in [9.17, 15) is 9.18 Å². The third-order valence-electron chi connectivity index (χ3n) is 3.00. The third kappa shape index (κ3) is 3.68. The fourth-order valence-electron chi connectivity index (χ4n) is 1.92. The maximum atomic E-state index is 13.4. The molecule has 106 valence electrons. The van der Waals surface area contributed by atoms with Crippen LogP contribution in [0.3, 0.4) is 0 Å². The van der Waals surface area contributed by atoms with Gasteiger partial charge in [0.25, 0.3) is 0 Å². The number of aromatic nitrogens is 1. The summed E-state index contributed by atoms with van der Waals surface area (Å²) in [4.78, 5) is 14.2. The Morgan fingerprint density at radius 2 is 2.10 bits per heavy atom. The number of halogens is 1. The molecule has 1 aromatic heterocycles. The van der Waals surface area contributed by atoms with Crippen LogP contribution in [-0.4, -0.2) is 24.6 Å². The lowest BCUT2D eigenvalue weighted by atomic mass is 10.1. The van der Waals surface area contributed by atoms with Crippen molar-refractivity contribution in [3.05, 3.63) is 59.2 Å². The maximum absolute atomic E-state index is 13.4. The van der Waals surface area contributed by atoms with Crippen molar-refractivity contribution >= 4 is 5.97 Å². The minimum absolute atomic E-state index is 0.179. The van der Waals surface area contributed by atoms with Crippen molar-refractivity contribution in [2.45, 2.75) is 13.0 Å². The van der Waals surface area contributed by atoms with Crippen LogP contribution in [0.5, 0.6) is 0 Å². The molecular formula is C15H17FN2O2. The third-order valence-corrected chi connectivity index (χ3v) is 3.00. The fraction of sp³-hybridized carbons (Fsp3) is 0.267. The monoisotopic (exact) mass is 276 g/mol. The second kappa shape index (κ2) is 6.86. The van der Waals surface area contributed by atoms with E-state index in [1.165, 1.54) is 13.2 Å². The minimum Gasteiger partial charge on any atom is -0.464 e. The van der Waals surface area contributed by atoms with Gasteiger partial charge in [0.1, 0.15) is 11.5 Å². The fourth-order valence-corrected chi connectivity index (χ4v) is 1.92. The average molecular weight is 276 g/mol. The van der Waals surface area contributed by atoms with Crippen molar-refractivity contribution in [1.29, 1.82) is 0 Å². The molecule has 5 heteroatoms. The number of ether oxygens (including phenoxy) is 1. The summed E-state index contributed by atoms with van der Waals surface area (Å²) in [5, 5.41) is 3.20. The number of esters is 1. The zero-order valence-corrected chi connectivity index (χ0v) is 11.3. The van der Waals surface area contributed by atoms with Crippen LogP contribution in [0.2, 0.25) is 0 Å². The van der Waals surface area contributed by atoms with Gasteiger partial charge >= 0.3 is 5.97 Å². The van der Waals surface area contributed by atoms with E-state index in [-0.39, 0.29) is 11.8 Å². The molecule has 1 aromatic carbocycles. The molecule has 0 bridgehead atoms. The Bertz CT molecular complexity index is 581. The maximum Gasteiger partial charge on any atom is 0.354 e. The molecular weight excluding hydrogens is 259 g/mol. The first-order valence-electron chi connectivity index (χ1n) is 6.41. The van der Waals surface area contributed by atoms with Gasteiger partial charge in [0.05, 0.1) is 7.11 Å². The Balaban J connectivity index is 1.77. The number of H-pyrrole nitrogens is 1. The highest BCUT2D eigenvalue weighted by atomic mass is 19.1. The van der Waals surface area contributed by atoms with Crippen molar-refractivity contribution < 1.29 is 13.9 Å². The predicted octanol–water partition coefficient (Wildman–Crippen LogP) is 2.27. The lowest BCUT2D eigenvalue weighted by molar-refractivity contribution is 0.0594. The summed E-state index contributed by atoms with van der Waals surface area (Å²) in [5.41, 5.74) is 2.01. The van der Waals surface area contributed by atoms with Gasteiger partial charge in [-0.15, -0.1) is 0 Å². The smallest absolute Gasteiger partial charge is 0.354 e. The number of benzene rings is 1. The van der Waals surface area contributed by atoms with Gasteiger partial charge in [0.2, 0.25) is 0 Å². The molecule has 0 amide bonds. The Labute approximate surface area is 117 Å². The molecule has 0 spiro atoms. The van der Waals surface area contributed by atoms with Crippen molar-refractivity contribution in [3.8, 4) is 0 Å². The van der Waals surface area contributed by atoms with Crippen LogP contribution in [-0.2, 0) is 17.7 Å². The van der Waals surface area contributed by atoms with Crippen LogP contribution in [0.15, 0.2) is 36.4 Å². The van der Waals surface area contributed by atoms with E-state index >= 15 is 0 Å². The minimum atomic E-state index is -0.386. The SMILES string of the molecule is COC(=O)c1ccc(CNCCc2ccccc2F)[nH]1. The number of aromatic amines is 1. The number of carbonyl (C=O) groups excluding carboxylic acids is 1. The largest absolute Gasteiger partial charge is 0.464 e. The zero-order chi connectivity index (χ0) is 14.4. The van der Waals surface area contributed by atoms with E-state index in [1.807, 2.05) is 12.1 Å². The van der Waals surface area contributed by atoms with Gasteiger partial charge in [0.15, 0.2) is 0 Å². The number of hydrogen-bond acceptors (Lipinski definition) is 3. The van der Waals surface area contributed by atoms with Crippen molar-refractivity contribution in [2.75, 3.05) is 13.7 Å². The lowest BCUT2D eigenvalue weighted by Gasteiger charge is -2.04. The Morgan fingerprint density at radius 3 is 2.85 bits per heavy atom. The number of rotatable bonds is 6. The van der Waals surface area contributed by atoms with Crippen molar-refractivity contribution in [3.63, 3.8) is 0 Å². The first-order valence-corrected chi connectivity index (χ1v) is 6.41. The first kappa shape index (κ1) is 14.3. The predicted molar refractivity (Wildman–Crippen MR) is 73.9 cm³/mol. The number of nitrogens with one attached hydrogen (secondary N) is 2. The van der Waals surface area contributed by atoms with E-state index in [0.29, 0.717) is 30.8 Å². The van der Waals surface area contributed by atoms with Crippen LogP contribution in [0.1, 0.15) is 21.7 Å². The van der Waals surface area contributed by atoms with Gasteiger partial charge in [-0.05, 0) is 36.7 Å². The highest BCUT2D eigenvalue weighted by Gasteiger charge is 2.07. The number of hydrogen-bond donors (Lipinski definition) is 2. The highest BCUT2D eigenvalue weighted by molar-refractivity contribution is 5.87. The molecule has 0 atom stereocenters. The summed E-state index contributed by atoms with van der Waals surface area (Å²) in [7, 11) is 1.34. The number of methoxy groups -OCH3 is 1. The summed E-state index contributed by atoms with van der Waals surface area (Å²) >= 11 is 0. The molecule has 0 radical (unpaired) electrons. The van der Waals surface area contributed by atoms with Gasteiger partial charge < -0.3 is 15.0 Å². The van der Waals surface area contributed by atoms with Crippen LogP contribution in [0.4, 0.5) is 4.39 Å². The molecule has 2 rings (SSSR count). The molecule has 2 aromatic rings.